The molecule has 1 saturated heterocycles. The van der Waals surface area contributed by atoms with E-state index >= 15 is 0 Å². The molecule has 0 aliphatic carbocycles. The van der Waals surface area contributed by atoms with E-state index in [4.69, 9.17) is 5.11 Å². The summed E-state index contributed by atoms with van der Waals surface area (Å²) in [6, 6.07) is 4.98. The summed E-state index contributed by atoms with van der Waals surface area (Å²) in [4.78, 5) is 24.0. The van der Waals surface area contributed by atoms with Gasteiger partial charge in [0.05, 0.1) is 0 Å². The van der Waals surface area contributed by atoms with E-state index in [-0.39, 0.29) is 0 Å². The minimum Gasteiger partial charge on any atom is -0.480 e. The second-order valence-corrected chi connectivity index (χ2v) is 4.37. The number of nitrogens with zero attached hydrogens (tertiary/aromatic N) is 1. The van der Waals surface area contributed by atoms with E-state index in [0.29, 0.717) is 18.5 Å². The monoisotopic (exact) mass is 233 g/mol. The first-order valence-corrected chi connectivity index (χ1v) is 5.69. The van der Waals surface area contributed by atoms with Gasteiger partial charge >= 0.3 is 5.97 Å². The quantitative estimate of drug-likeness (QED) is 0.809. The summed E-state index contributed by atoms with van der Waals surface area (Å²) in [6.45, 7) is 2.63. The fraction of sp³-hybridized carbons (Fsp3) is 0.385. The van der Waals surface area contributed by atoms with Crippen LogP contribution < -0.4 is 4.90 Å². The summed E-state index contributed by atoms with van der Waals surface area (Å²) < 4.78 is 0. The number of aldehydes is 1. The molecule has 1 aromatic carbocycles. The van der Waals surface area contributed by atoms with Crippen LogP contribution >= 0.6 is 0 Å². The Hall–Kier alpha value is -1.84. The third-order valence-electron chi connectivity index (χ3n) is 3.16. The van der Waals surface area contributed by atoms with E-state index in [1.165, 1.54) is 0 Å². The van der Waals surface area contributed by atoms with E-state index in [0.717, 1.165) is 24.0 Å². The number of hydrogen-bond donors (Lipinski definition) is 1. The standard InChI is InChI=1S/C13H15NO3/c1-9-4-5-10(8-15)12(7-9)14-6-2-3-11(14)13(16)17/h4-5,7-8,11H,2-3,6H2,1H3,(H,16,17). The van der Waals surface area contributed by atoms with Crippen LogP contribution in [0.15, 0.2) is 18.2 Å². The lowest BCUT2D eigenvalue weighted by Gasteiger charge is -2.25. The van der Waals surface area contributed by atoms with Gasteiger partial charge in [-0.2, -0.15) is 0 Å². The Bertz CT molecular complexity index is 456. The zero-order valence-corrected chi connectivity index (χ0v) is 9.72. The van der Waals surface area contributed by atoms with Crippen LogP contribution in [0.5, 0.6) is 0 Å². The van der Waals surface area contributed by atoms with Crippen LogP contribution in [0.2, 0.25) is 0 Å². The van der Waals surface area contributed by atoms with Crippen LogP contribution in [0.4, 0.5) is 5.69 Å². The highest BCUT2D eigenvalue weighted by Crippen LogP contribution is 2.29. The summed E-state index contributed by atoms with van der Waals surface area (Å²) in [5.74, 6) is -0.819. The van der Waals surface area contributed by atoms with Gasteiger partial charge in [-0.05, 0) is 37.5 Å². The van der Waals surface area contributed by atoms with Gasteiger partial charge in [0.15, 0.2) is 6.29 Å². The summed E-state index contributed by atoms with van der Waals surface area (Å²) in [5, 5.41) is 9.15. The van der Waals surface area contributed by atoms with Gasteiger partial charge in [-0.1, -0.05) is 6.07 Å². The maximum Gasteiger partial charge on any atom is 0.326 e. The number of rotatable bonds is 3. The van der Waals surface area contributed by atoms with Crippen molar-refractivity contribution in [3.63, 3.8) is 0 Å². The second kappa shape index (κ2) is 4.57. The molecule has 1 aliphatic heterocycles. The van der Waals surface area contributed by atoms with E-state index in [1.54, 1.807) is 6.07 Å². The molecule has 0 saturated carbocycles. The molecule has 1 aliphatic rings. The largest absolute Gasteiger partial charge is 0.480 e. The third-order valence-corrected chi connectivity index (χ3v) is 3.16. The van der Waals surface area contributed by atoms with Gasteiger partial charge in [0.25, 0.3) is 0 Å². The van der Waals surface area contributed by atoms with Gasteiger partial charge in [-0.25, -0.2) is 4.79 Å². The molecule has 0 radical (unpaired) electrons. The zero-order valence-electron chi connectivity index (χ0n) is 9.72. The average molecular weight is 233 g/mol. The molecular formula is C13H15NO3. The topological polar surface area (TPSA) is 57.6 Å². The van der Waals surface area contributed by atoms with E-state index < -0.39 is 12.0 Å². The highest BCUT2D eigenvalue weighted by molar-refractivity contribution is 5.88. The highest BCUT2D eigenvalue weighted by atomic mass is 16.4. The molecule has 4 nitrogen and oxygen atoms in total. The van der Waals surface area contributed by atoms with Crippen molar-refractivity contribution in [3.05, 3.63) is 29.3 Å². The lowest BCUT2D eigenvalue weighted by Crippen LogP contribution is -2.36. The highest BCUT2D eigenvalue weighted by Gasteiger charge is 2.31. The first-order chi connectivity index (χ1) is 8.13. The molecule has 0 amide bonds. The second-order valence-electron chi connectivity index (χ2n) is 4.37. The molecule has 0 bridgehead atoms. The minimum atomic E-state index is -0.819. The third kappa shape index (κ3) is 2.16. The van der Waals surface area contributed by atoms with Crippen molar-refractivity contribution in [1.82, 2.24) is 0 Å². The van der Waals surface area contributed by atoms with E-state index in [9.17, 15) is 9.59 Å². The van der Waals surface area contributed by atoms with Gasteiger partial charge in [0, 0.05) is 17.8 Å². The molecule has 1 atom stereocenters. The van der Waals surface area contributed by atoms with Crippen molar-refractivity contribution in [3.8, 4) is 0 Å². The maximum absolute atomic E-state index is 11.1. The fourth-order valence-electron chi connectivity index (χ4n) is 2.31. The Morgan fingerprint density at radius 2 is 2.29 bits per heavy atom. The predicted octanol–water partition coefficient (Wildman–Crippen LogP) is 1.86. The van der Waals surface area contributed by atoms with Gasteiger partial charge in [0.2, 0.25) is 0 Å². The van der Waals surface area contributed by atoms with Gasteiger partial charge in [-0.3, -0.25) is 4.79 Å². The molecule has 0 aromatic heterocycles. The number of aryl methyl sites for hydroxylation is 1. The number of carboxylic acids is 1. The molecular weight excluding hydrogens is 218 g/mol. The fourth-order valence-corrected chi connectivity index (χ4v) is 2.31. The number of carboxylic acid groups (broad SMARTS) is 1. The SMILES string of the molecule is Cc1ccc(C=O)c(N2CCCC2C(=O)O)c1. The maximum atomic E-state index is 11.1. The van der Waals surface area contributed by atoms with Crippen LogP contribution in [-0.4, -0.2) is 29.9 Å². The summed E-state index contributed by atoms with van der Waals surface area (Å²) in [6.07, 6.45) is 2.27. The summed E-state index contributed by atoms with van der Waals surface area (Å²) >= 11 is 0. The van der Waals surface area contributed by atoms with E-state index in [2.05, 4.69) is 0 Å². The van der Waals surface area contributed by atoms with Crippen LogP contribution in [0.1, 0.15) is 28.8 Å². The number of carbonyl (C=O) groups is 2. The lowest BCUT2D eigenvalue weighted by atomic mass is 10.1. The molecule has 2 rings (SSSR count). The number of hydrogen-bond acceptors (Lipinski definition) is 3. The van der Waals surface area contributed by atoms with Crippen molar-refractivity contribution in [2.45, 2.75) is 25.8 Å². The number of benzene rings is 1. The molecule has 4 heteroatoms. The van der Waals surface area contributed by atoms with Crippen molar-refractivity contribution in [2.24, 2.45) is 0 Å². The Morgan fingerprint density at radius 1 is 1.53 bits per heavy atom. The number of carbonyl (C=O) groups excluding carboxylic acids is 1. The van der Waals surface area contributed by atoms with E-state index in [1.807, 2.05) is 24.0 Å². The molecule has 0 spiro atoms. The van der Waals surface area contributed by atoms with Crippen molar-refractivity contribution in [2.75, 3.05) is 11.4 Å². The van der Waals surface area contributed by atoms with Crippen LogP contribution in [-0.2, 0) is 4.79 Å². The first-order valence-electron chi connectivity index (χ1n) is 5.69. The van der Waals surface area contributed by atoms with Crippen LogP contribution in [0.25, 0.3) is 0 Å². The summed E-state index contributed by atoms with van der Waals surface area (Å²) in [7, 11) is 0. The molecule has 1 N–H and O–H groups in total. The lowest BCUT2D eigenvalue weighted by molar-refractivity contribution is -0.138. The Balaban J connectivity index is 2.41. The molecule has 1 fully saturated rings. The average Bonchev–Trinajstić information content (AvgIpc) is 2.77. The number of aliphatic carboxylic acids is 1. The first kappa shape index (κ1) is 11.6. The van der Waals surface area contributed by atoms with Crippen molar-refractivity contribution >= 4 is 17.9 Å². The Morgan fingerprint density at radius 3 is 2.94 bits per heavy atom. The molecule has 1 heterocycles. The summed E-state index contributed by atoms with van der Waals surface area (Å²) in [5.41, 5.74) is 2.33. The molecule has 17 heavy (non-hydrogen) atoms. The van der Waals surface area contributed by atoms with Gasteiger partial charge < -0.3 is 10.0 Å². The van der Waals surface area contributed by atoms with Crippen molar-refractivity contribution < 1.29 is 14.7 Å². The minimum absolute atomic E-state index is 0.504. The zero-order chi connectivity index (χ0) is 12.4. The Kier molecular flexibility index (Phi) is 3.13. The van der Waals surface area contributed by atoms with Crippen LogP contribution in [0.3, 0.4) is 0 Å². The van der Waals surface area contributed by atoms with Crippen LogP contribution in [0, 0.1) is 6.92 Å². The normalized spacial score (nSPS) is 19.4. The smallest absolute Gasteiger partial charge is 0.326 e. The van der Waals surface area contributed by atoms with Gasteiger partial charge in [0.1, 0.15) is 6.04 Å². The van der Waals surface area contributed by atoms with Gasteiger partial charge in [-0.15, -0.1) is 0 Å². The molecule has 1 unspecified atom stereocenters. The predicted molar refractivity (Wildman–Crippen MR) is 64.6 cm³/mol. The Labute approximate surface area is 99.9 Å². The molecule has 90 valence electrons. The van der Waals surface area contributed by atoms with Crippen molar-refractivity contribution in [1.29, 1.82) is 0 Å². The number of anilines is 1. The molecule has 1 aromatic rings.